The summed E-state index contributed by atoms with van der Waals surface area (Å²) in [7, 11) is 1.86. The standard InChI is InChI=1S/C16H13BrFNS/c1-19-15(12-6-5-11(17)9-14(12)18)13-4-2-3-10-7-8-20-16(10)13/h2-9,15,19H,1H3. The van der Waals surface area contributed by atoms with Gasteiger partial charge in [-0.2, -0.15) is 0 Å². The molecule has 1 N–H and O–H groups in total. The van der Waals surface area contributed by atoms with Gasteiger partial charge >= 0.3 is 0 Å². The fourth-order valence-electron chi connectivity index (χ4n) is 2.46. The second-order valence-corrected chi connectivity index (χ2v) is 6.41. The van der Waals surface area contributed by atoms with E-state index in [1.165, 1.54) is 16.2 Å². The van der Waals surface area contributed by atoms with Crippen molar-refractivity contribution in [3.05, 3.63) is 69.3 Å². The molecule has 1 atom stereocenters. The summed E-state index contributed by atoms with van der Waals surface area (Å²) in [4.78, 5) is 0. The zero-order chi connectivity index (χ0) is 14.1. The van der Waals surface area contributed by atoms with Crippen LogP contribution >= 0.6 is 27.3 Å². The minimum absolute atomic E-state index is 0.148. The Balaban J connectivity index is 2.16. The Kier molecular flexibility index (Phi) is 3.87. The van der Waals surface area contributed by atoms with Crippen LogP contribution in [0.1, 0.15) is 17.2 Å². The van der Waals surface area contributed by atoms with Crippen LogP contribution < -0.4 is 5.32 Å². The van der Waals surface area contributed by atoms with Crippen molar-refractivity contribution in [1.82, 2.24) is 5.32 Å². The van der Waals surface area contributed by atoms with E-state index in [-0.39, 0.29) is 11.9 Å². The van der Waals surface area contributed by atoms with Gasteiger partial charge in [-0.15, -0.1) is 11.3 Å². The summed E-state index contributed by atoms with van der Waals surface area (Å²) in [6, 6.07) is 13.3. The SMILES string of the molecule is CNC(c1ccc(Br)cc1F)c1cccc2ccsc12. The fourth-order valence-corrected chi connectivity index (χ4v) is 3.74. The topological polar surface area (TPSA) is 12.0 Å². The van der Waals surface area contributed by atoms with Crippen LogP contribution in [0.2, 0.25) is 0 Å². The smallest absolute Gasteiger partial charge is 0.129 e. The minimum atomic E-state index is -0.202. The summed E-state index contributed by atoms with van der Waals surface area (Å²) in [6.07, 6.45) is 0. The van der Waals surface area contributed by atoms with E-state index >= 15 is 0 Å². The highest BCUT2D eigenvalue weighted by Crippen LogP contribution is 2.33. The lowest BCUT2D eigenvalue weighted by molar-refractivity contribution is 0.577. The first-order valence-corrected chi connectivity index (χ1v) is 7.96. The summed E-state index contributed by atoms with van der Waals surface area (Å²) in [6.45, 7) is 0. The zero-order valence-electron chi connectivity index (χ0n) is 10.9. The van der Waals surface area contributed by atoms with E-state index in [0.29, 0.717) is 5.56 Å². The van der Waals surface area contributed by atoms with Crippen LogP contribution in [0.15, 0.2) is 52.3 Å². The lowest BCUT2D eigenvalue weighted by Crippen LogP contribution is -2.19. The maximum atomic E-state index is 14.2. The van der Waals surface area contributed by atoms with E-state index in [2.05, 4.69) is 44.8 Å². The van der Waals surface area contributed by atoms with Crippen molar-refractivity contribution in [2.45, 2.75) is 6.04 Å². The van der Waals surface area contributed by atoms with Gasteiger partial charge in [-0.3, -0.25) is 0 Å². The van der Waals surface area contributed by atoms with Crippen LogP contribution in [0.4, 0.5) is 4.39 Å². The molecule has 1 aromatic heterocycles. The number of thiophene rings is 1. The molecule has 4 heteroatoms. The molecule has 0 radical (unpaired) electrons. The lowest BCUT2D eigenvalue weighted by Gasteiger charge is -2.19. The summed E-state index contributed by atoms with van der Waals surface area (Å²) >= 11 is 4.99. The quantitative estimate of drug-likeness (QED) is 0.692. The van der Waals surface area contributed by atoms with Crippen LogP contribution in [0.5, 0.6) is 0 Å². The van der Waals surface area contributed by atoms with Crippen LogP contribution in [-0.2, 0) is 0 Å². The molecule has 0 amide bonds. The Morgan fingerprint density at radius 2 is 2.00 bits per heavy atom. The monoisotopic (exact) mass is 349 g/mol. The molecule has 0 bridgehead atoms. The molecule has 0 aliphatic carbocycles. The van der Waals surface area contributed by atoms with Gasteiger partial charge in [-0.1, -0.05) is 40.2 Å². The molecular weight excluding hydrogens is 337 g/mol. The van der Waals surface area contributed by atoms with Gasteiger partial charge in [0.25, 0.3) is 0 Å². The van der Waals surface area contributed by atoms with Crippen molar-refractivity contribution in [1.29, 1.82) is 0 Å². The molecule has 1 nitrogen and oxygen atoms in total. The number of fused-ring (bicyclic) bond motifs is 1. The van der Waals surface area contributed by atoms with Crippen LogP contribution in [0, 0.1) is 5.82 Å². The molecule has 0 saturated carbocycles. The zero-order valence-corrected chi connectivity index (χ0v) is 13.3. The van der Waals surface area contributed by atoms with Crippen molar-refractivity contribution in [2.24, 2.45) is 0 Å². The molecule has 1 unspecified atom stereocenters. The van der Waals surface area contributed by atoms with Crippen LogP contribution in [-0.4, -0.2) is 7.05 Å². The summed E-state index contributed by atoms with van der Waals surface area (Å²) in [5.74, 6) is -0.202. The number of benzene rings is 2. The average molecular weight is 350 g/mol. The first-order chi connectivity index (χ1) is 9.70. The Hall–Kier alpha value is -1.23. The van der Waals surface area contributed by atoms with Crippen molar-refractivity contribution in [3.8, 4) is 0 Å². The third-order valence-corrected chi connectivity index (χ3v) is 4.86. The molecule has 2 aromatic carbocycles. The summed E-state index contributed by atoms with van der Waals surface area (Å²) in [5.41, 5.74) is 1.78. The van der Waals surface area contributed by atoms with E-state index in [9.17, 15) is 4.39 Å². The fraction of sp³-hybridized carbons (Fsp3) is 0.125. The van der Waals surface area contributed by atoms with Gasteiger partial charge in [0, 0.05) is 14.7 Å². The van der Waals surface area contributed by atoms with E-state index in [1.807, 2.05) is 25.2 Å². The van der Waals surface area contributed by atoms with Gasteiger partial charge in [0.15, 0.2) is 0 Å². The molecule has 1 heterocycles. The van der Waals surface area contributed by atoms with Gasteiger partial charge in [-0.05, 0) is 41.6 Å². The van der Waals surface area contributed by atoms with Crippen LogP contribution in [0.3, 0.4) is 0 Å². The maximum Gasteiger partial charge on any atom is 0.129 e. The van der Waals surface area contributed by atoms with E-state index < -0.39 is 0 Å². The highest BCUT2D eigenvalue weighted by atomic mass is 79.9. The van der Waals surface area contributed by atoms with Crippen molar-refractivity contribution in [3.63, 3.8) is 0 Å². The Bertz CT molecular complexity index is 753. The van der Waals surface area contributed by atoms with E-state index in [4.69, 9.17) is 0 Å². The average Bonchev–Trinajstić information content (AvgIpc) is 2.91. The number of halogens is 2. The van der Waals surface area contributed by atoms with Crippen LogP contribution in [0.25, 0.3) is 10.1 Å². The number of hydrogen-bond donors (Lipinski definition) is 1. The minimum Gasteiger partial charge on any atom is -0.309 e. The van der Waals surface area contributed by atoms with E-state index in [0.717, 1.165) is 10.0 Å². The highest BCUT2D eigenvalue weighted by Gasteiger charge is 2.18. The number of hydrogen-bond acceptors (Lipinski definition) is 2. The van der Waals surface area contributed by atoms with Crippen molar-refractivity contribution in [2.75, 3.05) is 7.05 Å². The highest BCUT2D eigenvalue weighted by molar-refractivity contribution is 9.10. The molecule has 0 aliphatic heterocycles. The first-order valence-electron chi connectivity index (χ1n) is 6.29. The summed E-state index contributed by atoms with van der Waals surface area (Å²) < 4.78 is 16.2. The Labute approximate surface area is 129 Å². The second kappa shape index (κ2) is 5.64. The second-order valence-electron chi connectivity index (χ2n) is 4.57. The Morgan fingerprint density at radius 1 is 1.15 bits per heavy atom. The maximum absolute atomic E-state index is 14.2. The number of rotatable bonds is 3. The largest absolute Gasteiger partial charge is 0.309 e. The van der Waals surface area contributed by atoms with Gasteiger partial charge < -0.3 is 5.32 Å². The molecule has 20 heavy (non-hydrogen) atoms. The molecule has 3 aromatic rings. The van der Waals surface area contributed by atoms with E-state index in [1.54, 1.807) is 11.3 Å². The molecule has 102 valence electrons. The Morgan fingerprint density at radius 3 is 2.75 bits per heavy atom. The third kappa shape index (κ3) is 2.39. The van der Waals surface area contributed by atoms with Crippen molar-refractivity contribution < 1.29 is 4.39 Å². The van der Waals surface area contributed by atoms with Crippen molar-refractivity contribution >= 4 is 37.4 Å². The molecule has 0 aliphatic rings. The predicted octanol–water partition coefficient (Wildman–Crippen LogP) is 5.11. The number of nitrogens with one attached hydrogen (secondary N) is 1. The molecule has 3 rings (SSSR count). The first kappa shape index (κ1) is 13.7. The van der Waals surface area contributed by atoms with Gasteiger partial charge in [0.2, 0.25) is 0 Å². The molecular formula is C16H13BrFNS. The van der Waals surface area contributed by atoms with Gasteiger partial charge in [0.1, 0.15) is 5.82 Å². The predicted molar refractivity (Wildman–Crippen MR) is 86.8 cm³/mol. The normalized spacial score (nSPS) is 12.8. The molecule has 0 fully saturated rings. The van der Waals surface area contributed by atoms with Gasteiger partial charge in [-0.25, -0.2) is 4.39 Å². The van der Waals surface area contributed by atoms with Gasteiger partial charge in [0.05, 0.1) is 6.04 Å². The molecule has 0 saturated heterocycles. The third-order valence-electron chi connectivity index (χ3n) is 3.38. The lowest BCUT2D eigenvalue weighted by atomic mass is 9.97. The summed E-state index contributed by atoms with van der Waals surface area (Å²) in [5, 5.41) is 6.50. The molecule has 0 spiro atoms.